The molecular formula is C15H23NO2. The lowest BCUT2D eigenvalue weighted by Gasteiger charge is -2.10. The average molecular weight is 249 g/mol. The van der Waals surface area contributed by atoms with Crippen LogP contribution in [-0.2, 0) is 0 Å². The second-order valence-electron chi connectivity index (χ2n) is 4.21. The number of rotatable bonds is 7. The quantitative estimate of drug-likeness (QED) is 0.805. The fourth-order valence-corrected chi connectivity index (χ4v) is 1.64. The number of hydrogen-bond acceptors (Lipinski definition) is 3. The molecule has 0 aliphatic heterocycles. The van der Waals surface area contributed by atoms with Crippen LogP contribution in [0.5, 0.6) is 11.5 Å². The third-order valence-corrected chi connectivity index (χ3v) is 2.72. The smallest absolute Gasteiger partial charge is 0.129 e. The minimum absolute atomic E-state index is 0.358. The van der Waals surface area contributed by atoms with Crippen molar-refractivity contribution in [3.8, 4) is 11.5 Å². The third kappa shape index (κ3) is 4.41. The highest BCUT2D eigenvalue weighted by molar-refractivity contribution is 5.59. The van der Waals surface area contributed by atoms with E-state index in [9.17, 15) is 0 Å². The molecule has 1 aromatic rings. The lowest BCUT2D eigenvalue weighted by Crippen LogP contribution is -2.24. The van der Waals surface area contributed by atoms with Crippen molar-refractivity contribution in [3.63, 3.8) is 0 Å². The minimum Gasteiger partial charge on any atom is -0.497 e. The van der Waals surface area contributed by atoms with Gasteiger partial charge in [0.05, 0.1) is 14.2 Å². The van der Waals surface area contributed by atoms with Gasteiger partial charge in [-0.3, -0.25) is 0 Å². The summed E-state index contributed by atoms with van der Waals surface area (Å²) in [5, 5.41) is 3.41. The van der Waals surface area contributed by atoms with E-state index in [4.69, 9.17) is 9.47 Å². The molecule has 0 spiro atoms. The summed E-state index contributed by atoms with van der Waals surface area (Å²) in [6.07, 6.45) is 5.36. The molecule has 0 radical (unpaired) electrons. The van der Waals surface area contributed by atoms with Gasteiger partial charge in [0.15, 0.2) is 0 Å². The van der Waals surface area contributed by atoms with E-state index in [0.29, 0.717) is 6.04 Å². The Hall–Kier alpha value is -1.48. The van der Waals surface area contributed by atoms with E-state index in [0.717, 1.165) is 30.0 Å². The van der Waals surface area contributed by atoms with E-state index in [2.05, 4.69) is 31.3 Å². The highest BCUT2D eigenvalue weighted by atomic mass is 16.5. The third-order valence-electron chi connectivity index (χ3n) is 2.72. The molecule has 18 heavy (non-hydrogen) atoms. The van der Waals surface area contributed by atoms with Crippen LogP contribution in [0.15, 0.2) is 24.3 Å². The molecule has 0 amide bonds. The second kappa shape index (κ2) is 7.77. The Morgan fingerprint density at radius 3 is 2.67 bits per heavy atom. The molecule has 100 valence electrons. The summed E-state index contributed by atoms with van der Waals surface area (Å²) in [4.78, 5) is 0. The molecule has 0 heterocycles. The molecule has 0 fully saturated rings. The highest BCUT2D eigenvalue weighted by Crippen LogP contribution is 2.25. The van der Waals surface area contributed by atoms with E-state index < -0.39 is 0 Å². The molecule has 3 nitrogen and oxygen atoms in total. The average Bonchev–Trinajstić information content (AvgIpc) is 2.42. The first-order valence-corrected chi connectivity index (χ1v) is 6.34. The van der Waals surface area contributed by atoms with E-state index in [-0.39, 0.29) is 0 Å². The summed E-state index contributed by atoms with van der Waals surface area (Å²) >= 11 is 0. The van der Waals surface area contributed by atoms with Crippen molar-refractivity contribution < 1.29 is 9.47 Å². The van der Waals surface area contributed by atoms with E-state index in [1.54, 1.807) is 14.2 Å². The van der Waals surface area contributed by atoms with Gasteiger partial charge in [-0.15, -0.1) is 0 Å². The van der Waals surface area contributed by atoms with Gasteiger partial charge in [0.25, 0.3) is 0 Å². The van der Waals surface area contributed by atoms with Crippen molar-refractivity contribution in [1.29, 1.82) is 0 Å². The maximum absolute atomic E-state index is 5.35. The van der Waals surface area contributed by atoms with Gasteiger partial charge >= 0.3 is 0 Å². The molecule has 1 aromatic carbocycles. The van der Waals surface area contributed by atoms with Crippen molar-refractivity contribution in [2.75, 3.05) is 20.8 Å². The second-order valence-corrected chi connectivity index (χ2v) is 4.21. The molecule has 0 aromatic heterocycles. The van der Waals surface area contributed by atoms with Crippen molar-refractivity contribution in [2.45, 2.75) is 26.3 Å². The first kappa shape index (κ1) is 14.6. The topological polar surface area (TPSA) is 30.5 Å². The van der Waals surface area contributed by atoms with Crippen LogP contribution in [0.3, 0.4) is 0 Å². The Kier molecular flexibility index (Phi) is 6.29. The van der Waals surface area contributed by atoms with Gasteiger partial charge in [-0.1, -0.05) is 19.1 Å². The highest BCUT2D eigenvalue weighted by Gasteiger charge is 2.02. The van der Waals surface area contributed by atoms with Crippen molar-refractivity contribution >= 4 is 6.08 Å². The Labute approximate surface area is 110 Å². The van der Waals surface area contributed by atoms with Crippen LogP contribution in [0.4, 0.5) is 0 Å². The van der Waals surface area contributed by atoms with Gasteiger partial charge in [0, 0.05) is 17.7 Å². The summed E-state index contributed by atoms with van der Waals surface area (Å²) in [6, 6.07) is 6.19. The van der Waals surface area contributed by atoms with Gasteiger partial charge in [0.1, 0.15) is 11.5 Å². The van der Waals surface area contributed by atoms with Gasteiger partial charge in [-0.05, 0) is 32.0 Å². The summed E-state index contributed by atoms with van der Waals surface area (Å²) in [5.41, 5.74) is 1.06. The number of benzene rings is 1. The molecule has 3 heteroatoms. The first-order chi connectivity index (χ1) is 8.71. The zero-order chi connectivity index (χ0) is 13.4. The first-order valence-electron chi connectivity index (χ1n) is 6.34. The van der Waals surface area contributed by atoms with Crippen molar-refractivity contribution in [3.05, 3.63) is 29.8 Å². The summed E-state index contributed by atoms with van der Waals surface area (Å²) < 4.78 is 10.5. The lowest BCUT2D eigenvalue weighted by atomic mass is 10.1. The fourth-order valence-electron chi connectivity index (χ4n) is 1.64. The molecule has 0 aliphatic rings. The standard InChI is InChI=1S/C15H23NO2/c1-5-10-16-12(2)6-7-13-8-9-14(17-3)11-15(13)18-4/h6-9,11-12,16H,5,10H2,1-4H3/b7-6+. The molecule has 1 atom stereocenters. The van der Waals surface area contributed by atoms with Gasteiger partial charge in [-0.25, -0.2) is 0 Å². The molecule has 1 rings (SSSR count). The van der Waals surface area contributed by atoms with Crippen molar-refractivity contribution in [2.24, 2.45) is 0 Å². The molecule has 0 aliphatic carbocycles. The predicted octanol–water partition coefficient (Wildman–Crippen LogP) is 3.11. The van der Waals surface area contributed by atoms with Gasteiger partial charge in [-0.2, -0.15) is 0 Å². The Morgan fingerprint density at radius 1 is 1.28 bits per heavy atom. The molecule has 1 unspecified atom stereocenters. The van der Waals surface area contributed by atoms with Crippen LogP contribution in [0.2, 0.25) is 0 Å². The van der Waals surface area contributed by atoms with Crippen molar-refractivity contribution in [1.82, 2.24) is 5.32 Å². The Bertz CT molecular complexity index is 388. The number of hydrogen-bond donors (Lipinski definition) is 1. The maximum Gasteiger partial charge on any atom is 0.129 e. The molecule has 0 bridgehead atoms. The minimum atomic E-state index is 0.358. The normalized spacial score (nSPS) is 12.7. The Morgan fingerprint density at radius 2 is 2.06 bits per heavy atom. The molecule has 1 N–H and O–H groups in total. The van der Waals surface area contributed by atoms with Crippen LogP contribution in [0.25, 0.3) is 6.08 Å². The van der Waals surface area contributed by atoms with Crippen LogP contribution in [0.1, 0.15) is 25.8 Å². The van der Waals surface area contributed by atoms with Crippen LogP contribution >= 0.6 is 0 Å². The predicted molar refractivity (Wildman–Crippen MR) is 76.3 cm³/mol. The molecule has 0 saturated heterocycles. The summed E-state index contributed by atoms with van der Waals surface area (Å²) in [6.45, 7) is 5.34. The zero-order valence-corrected chi connectivity index (χ0v) is 11.7. The maximum atomic E-state index is 5.35. The largest absolute Gasteiger partial charge is 0.497 e. The van der Waals surface area contributed by atoms with E-state index >= 15 is 0 Å². The van der Waals surface area contributed by atoms with E-state index in [1.165, 1.54) is 0 Å². The lowest BCUT2D eigenvalue weighted by molar-refractivity contribution is 0.393. The molecular weight excluding hydrogens is 226 g/mol. The van der Waals surface area contributed by atoms with Crippen LogP contribution in [-0.4, -0.2) is 26.8 Å². The fraction of sp³-hybridized carbons (Fsp3) is 0.467. The molecule has 0 saturated carbocycles. The number of nitrogens with one attached hydrogen (secondary N) is 1. The van der Waals surface area contributed by atoms with Gasteiger partial charge in [0.2, 0.25) is 0 Å². The van der Waals surface area contributed by atoms with Crippen LogP contribution < -0.4 is 14.8 Å². The monoisotopic (exact) mass is 249 g/mol. The zero-order valence-electron chi connectivity index (χ0n) is 11.7. The number of ether oxygens (including phenoxy) is 2. The number of methoxy groups -OCH3 is 2. The summed E-state index contributed by atoms with van der Waals surface area (Å²) in [5.74, 6) is 1.63. The van der Waals surface area contributed by atoms with E-state index in [1.807, 2.05) is 18.2 Å². The SMILES string of the molecule is CCCNC(C)/C=C/c1ccc(OC)cc1OC. The Balaban J connectivity index is 2.74. The summed E-state index contributed by atoms with van der Waals surface area (Å²) in [7, 11) is 3.33. The van der Waals surface area contributed by atoms with Gasteiger partial charge < -0.3 is 14.8 Å². The van der Waals surface area contributed by atoms with Crippen LogP contribution in [0, 0.1) is 0 Å².